The molecule has 1 saturated heterocycles. The topological polar surface area (TPSA) is 116 Å². The third-order valence-electron chi connectivity index (χ3n) is 6.70. The summed E-state index contributed by atoms with van der Waals surface area (Å²) in [5.74, 6) is -0.533. The summed E-state index contributed by atoms with van der Waals surface area (Å²) in [6.45, 7) is 12.2. The van der Waals surface area contributed by atoms with E-state index in [1.165, 1.54) is 20.7 Å². The Balaban J connectivity index is 2.02. The van der Waals surface area contributed by atoms with E-state index in [9.17, 15) is 21.6 Å². The van der Waals surface area contributed by atoms with E-state index in [1.54, 1.807) is 45.0 Å². The van der Waals surface area contributed by atoms with Crippen LogP contribution in [0.4, 0.5) is 11.4 Å². The molecule has 0 aromatic heterocycles. The molecule has 38 heavy (non-hydrogen) atoms. The number of benzene rings is 2. The van der Waals surface area contributed by atoms with E-state index in [0.29, 0.717) is 56.3 Å². The number of anilines is 2. The van der Waals surface area contributed by atoms with E-state index in [0.717, 1.165) is 0 Å². The number of rotatable bonds is 11. The van der Waals surface area contributed by atoms with Crippen LogP contribution in [0, 0.1) is 6.92 Å². The number of amides is 1. The quantitative estimate of drug-likeness (QED) is 0.444. The number of nitrogens with zero attached hydrogens (tertiary/aromatic N) is 3. The summed E-state index contributed by atoms with van der Waals surface area (Å²) in [4.78, 5) is 15.6. The summed E-state index contributed by atoms with van der Waals surface area (Å²) < 4.78 is 61.0. The second-order valence-corrected chi connectivity index (χ2v) is 12.7. The van der Waals surface area contributed by atoms with Gasteiger partial charge in [0.15, 0.2) is 0 Å². The molecule has 1 heterocycles. The van der Waals surface area contributed by atoms with Crippen LogP contribution in [0.25, 0.3) is 0 Å². The Morgan fingerprint density at radius 1 is 0.921 bits per heavy atom. The number of nitrogens with one attached hydrogen (secondary N) is 1. The molecule has 0 atom stereocenters. The van der Waals surface area contributed by atoms with Crippen molar-refractivity contribution in [2.75, 3.05) is 62.7 Å². The molecule has 1 aliphatic heterocycles. The van der Waals surface area contributed by atoms with E-state index in [1.807, 2.05) is 18.7 Å². The van der Waals surface area contributed by atoms with Gasteiger partial charge in [-0.05, 0) is 56.7 Å². The normalized spacial score (nSPS) is 15.0. The third kappa shape index (κ3) is 6.20. The Bertz CT molecular complexity index is 1350. The van der Waals surface area contributed by atoms with Gasteiger partial charge in [0.2, 0.25) is 20.0 Å². The van der Waals surface area contributed by atoms with Crippen molar-refractivity contribution in [3.8, 4) is 0 Å². The van der Waals surface area contributed by atoms with Crippen molar-refractivity contribution in [2.45, 2.75) is 44.4 Å². The largest absolute Gasteiger partial charge is 0.379 e. The maximum atomic E-state index is 13.4. The minimum absolute atomic E-state index is 0.0638. The standard InChI is InChI=1S/C26H38N4O6S2/c1-6-28(7-2)24-13-12-22(37(32,33)29(8-3)9-4)19-23(24)27-26(31)21-11-10-20(5)25(18-21)38(34,35)30-14-16-36-17-15-30/h10-13,18-19H,6-9,14-17H2,1-5H3,(H,27,31). The number of hydrogen-bond donors (Lipinski definition) is 1. The molecule has 0 saturated carbocycles. The highest BCUT2D eigenvalue weighted by atomic mass is 32.2. The fourth-order valence-corrected chi connectivity index (χ4v) is 7.61. The van der Waals surface area contributed by atoms with E-state index in [2.05, 4.69) is 5.32 Å². The lowest BCUT2D eigenvalue weighted by Crippen LogP contribution is -2.40. The molecular formula is C26H38N4O6S2. The Morgan fingerprint density at radius 3 is 2.13 bits per heavy atom. The first-order valence-electron chi connectivity index (χ1n) is 12.9. The molecule has 0 unspecified atom stereocenters. The first kappa shape index (κ1) is 30.0. The lowest BCUT2D eigenvalue weighted by atomic mass is 10.1. The minimum Gasteiger partial charge on any atom is -0.379 e. The van der Waals surface area contributed by atoms with Crippen molar-refractivity contribution in [1.29, 1.82) is 0 Å². The lowest BCUT2D eigenvalue weighted by Gasteiger charge is -2.27. The summed E-state index contributed by atoms with van der Waals surface area (Å²) in [6, 6.07) is 9.27. The lowest BCUT2D eigenvalue weighted by molar-refractivity contribution is 0.0730. The Morgan fingerprint density at radius 2 is 1.55 bits per heavy atom. The van der Waals surface area contributed by atoms with E-state index < -0.39 is 26.0 Å². The first-order chi connectivity index (χ1) is 18.0. The fraction of sp³-hybridized carbons (Fsp3) is 0.500. The van der Waals surface area contributed by atoms with Gasteiger partial charge in [0.05, 0.1) is 34.4 Å². The van der Waals surface area contributed by atoms with Gasteiger partial charge in [0, 0.05) is 44.8 Å². The Kier molecular flexibility index (Phi) is 9.93. The zero-order valence-corrected chi connectivity index (χ0v) is 24.4. The van der Waals surface area contributed by atoms with Crippen LogP contribution in [0.15, 0.2) is 46.2 Å². The van der Waals surface area contributed by atoms with Crippen molar-refractivity contribution < 1.29 is 26.4 Å². The average molecular weight is 567 g/mol. The highest BCUT2D eigenvalue weighted by Crippen LogP contribution is 2.31. The van der Waals surface area contributed by atoms with Crippen LogP contribution in [-0.4, -0.2) is 83.8 Å². The van der Waals surface area contributed by atoms with Gasteiger partial charge < -0.3 is 15.0 Å². The van der Waals surface area contributed by atoms with E-state index in [4.69, 9.17) is 4.74 Å². The molecule has 0 spiro atoms. The van der Waals surface area contributed by atoms with Gasteiger partial charge in [-0.1, -0.05) is 19.9 Å². The van der Waals surface area contributed by atoms with Gasteiger partial charge in [-0.3, -0.25) is 4.79 Å². The summed E-state index contributed by atoms with van der Waals surface area (Å²) in [7, 11) is -7.57. The van der Waals surface area contributed by atoms with Crippen LogP contribution in [0.3, 0.4) is 0 Å². The number of carbonyl (C=O) groups excluding carboxylic acids is 1. The molecule has 10 nitrogen and oxygen atoms in total. The predicted octanol–water partition coefficient (Wildman–Crippen LogP) is 3.14. The molecule has 1 aliphatic rings. The van der Waals surface area contributed by atoms with Gasteiger partial charge >= 0.3 is 0 Å². The van der Waals surface area contributed by atoms with Gasteiger partial charge in [-0.15, -0.1) is 0 Å². The second-order valence-electron chi connectivity index (χ2n) is 8.89. The summed E-state index contributed by atoms with van der Waals surface area (Å²) >= 11 is 0. The van der Waals surface area contributed by atoms with Crippen LogP contribution < -0.4 is 10.2 Å². The molecule has 0 bridgehead atoms. The molecule has 0 radical (unpaired) electrons. The average Bonchev–Trinajstić information content (AvgIpc) is 2.91. The summed E-state index contributed by atoms with van der Waals surface area (Å²) in [5.41, 5.74) is 1.70. The van der Waals surface area contributed by atoms with Crippen molar-refractivity contribution in [1.82, 2.24) is 8.61 Å². The molecule has 1 N–H and O–H groups in total. The van der Waals surface area contributed by atoms with Crippen molar-refractivity contribution in [3.05, 3.63) is 47.5 Å². The molecule has 3 rings (SSSR count). The van der Waals surface area contributed by atoms with Gasteiger partial charge in [0.25, 0.3) is 5.91 Å². The number of ether oxygens (including phenoxy) is 1. The predicted molar refractivity (Wildman–Crippen MR) is 149 cm³/mol. The smallest absolute Gasteiger partial charge is 0.255 e. The number of carbonyl (C=O) groups is 1. The zero-order chi connectivity index (χ0) is 28.1. The summed E-state index contributed by atoms with van der Waals surface area (Å²) in [6.07, 6.45) is 0. The molecule has 2 aromatic rings. The van der Waals surface area contributed by atoms with Crippen LogP contribution >= 0.6 is 0 Å². The van der Waals surface area contributed by atoms with Crippen LogP contribution in [-0.2, 0) is 24.8 Å². The van der Waals surface area contributed by atoms with Gasteiger partial charge in [-0.25, -0.2) is 16.8 Å². The number of sulfonamides is 2. The maximum Gasteiger partial charge on any atom is 0.255 e. The molecule has 0 aliphatic carbocycles. The Hall–Kier alpha value is -2.51. The molecule has 1 amide bonds. The van der Waals surface area contributed by atoms with Crippen molar-refractivity contribution in [2.24, 2.45) is 0 Å². The van der Waals surface area contributed by atoms with Crippen molar-refractivity contribution >= 4 is 37.3 Å². The van der Waals surface area contributed by atoms with Crippen LogP contribution in [0.1, 0.15) is 43.6 Å². The van der Waals surface area contributed by atoms with Crippen LogP contribution in [0.5, 0.6) is 0 Å². The monoisotopic (exact) mass is 566 g/mol. The Labute approximate surface area is 226 Å². The highest BCUT2D eigenvalue weighted by molar-refractivity contribution is 7.89. The van der Waals surface area contributed by atoms with Crippen LogP contribution in [0.2, 0.25) is 0 Å². The van der Waals surface area contributed by atoms with E-state index in [-0.39, 0.29) is 28.4 Å². The van der Waals surface area contributed by atoms with Crippen molar-refractivity contribution in [3.63, 3.8) is 0 Å². The molecule has 1 fully saturated rings. The minimum atomic E-state index is -3.81. The highest BCUT2D eigenvalue weighted by Gasteiger charge is 2.29. The molecule has 12 heteroatoms. The molecular weight excluding hydrogens is 528 g/mol. The first-order valence-corrected chi connectivity index (χ1v) is 15.8. The summed E-state index contributed by atoms with van der Waals surface area (Å²) in [5, 5.41) is 2.85. The maximum absolute atomic E-state index is 13.4. The number of morpholine rings is 1. The van der Waals surface area contributed by atoms with Gasteiger partial charge in [0.1, 0.15) is 0 Å². The third-order valence-corrected chi connectivity index (χ3v) is 10.8. The fourth-order valence-electron chi connectivity index (χ4n) is 4.47. The number of hydrogen-bond acceptors (Lipinski definition) is 7. The second kappa shape index (κ2) is 12.6. The number of aryl methyl sites for hydroxylation is 1. The SMILES string of the molecule is CCN(CC)c1ccc(S(=O)(=O)N(CC)CC)cc1NC(=O)c1ccc(C)c(S(=O)(=O)N2CCOCC2)c1. The zero-order valence-electron chi connectivity index (χ0n) is 22.7. The molecule has 210 valence electrons. The molecule has 2 aromatic carbocycles. The van der Waals surface area contributed by atoms with E-state index >= 15 is 0 Å². The van der Waals surface area contributed by atoms with Gasteiger partial charge in [-0.2, -0.15) is 8.61 Å².